The summed E-state index contributed by atoms with van der Waals surface area (Å²) in [6.45, 7) is 13.0. The summed E-state index contributed by atoms with van der Waals surface area (Å²) in [6.07, 6.45) is 7.41. The molecule has 0 bridgehead atoms. The third-order valence-corrected chi connectivity index (χ3v) is 1.62. The number of rotatable bonds is 5. The summed E-state index contributed by atoms with van der Waals surface area (Å²) >= 11 is 0. The van der Waals surface area contributed by atoms with Crippen LogP contribution in [0.3, 0.4) is 0 Å². The normalized spacial score (nSPS) is 7.33. The summed E-state index contributed by atoms with van der Waals surface area (Å²) in [5.74, 6) is 0. The van der Waals surface area contributed by atoms with Crippen LogP contribution in [0.2, 0.25) is 0 Å². The highest BCUT2D eigenvalue weighted by Gasteiger charge is 1.68. The second-order valence-electron chi connectivity index (χ2n) is 3.69. The largest absolute Gasteiger partial charge is 0.331 e. The lowest BCUT2D eigenvalue weighted by atomic mass is 10.3. The highest BCUT2D eigenvalue weighted by atomic mass is 14.5. The van der Waals surface area contributed by atoms with Crippen LogP contribution in [-0.4, -0.2) is 19.6 Å². The van der Waals surface area contributed by atoms with E-state index < -0.39 is 0 Å². The summed E-state index contributed by atoms with van der Waals surface area (Å²) in [4.78, 5) is 0. The van der Waals surface area contributed by atoms with Gasteiger partial charge in [0.15, 0.2) is 0 Å². The quantitative estimate of drug-likeness (QED) is 0.705. The van der Waals surface area contributed by atoms with Crippen molar-refractivity contribution in [1.29, 1.82) is 0 Å². The van der Waals surface area contributed by atoms with E-state index in [-0.39, 0.29) is 7.43 Å². The van der Waals surface area contributed by atoms with Gasteiger partial charge in [-0.3, -0.25) is 0 Å². The molecule has 118 valence electrons. The lowest BCUT2D eigenvalue weighted by Crippen LogP contribution is -1.95. The maximum Gasteiger partial charge on any atom is -0.00774 e. The first-order chi connectivity index (χ1) is 8.16. The van der Waals surface area contributed by atoms with Crippen LogP contribution in [0.15, 0.2) is 0 Å². The molecule has 0 aromatic carbocycles. The minimum atomic E-state index is 0. The fraction of sp³-hybridized carbons (Fsp3) is 1.00. The zero-order chi connectivity index (χ0) is 14.4. The molecule has 0 atom stereocenters. The first kappa shape index (κ1) is 30.7. The minimum absolute atomic E-state index is 0. The summed E-state index contributed by atoms with van der Waals surface area (Å²) in [7, 11) is 0. The number of unbranched alkanes of at least 4 members (excludes halogenated alkanes) is 3. The molecule has 3 nitrogen and oxygen atoms in total. The number of nitrogens with two attached hydrogens (primary N) is 3. The van der Waals surface area contributed by atoms with Gasteiger partial charge in [0, 0.05) is 0 Å². The molecule has 0 aromatic heterocycles. The van der Waals surface area contributed by atoms with Gasteiger partial charge in [0.05, 0.1) is 0 Å². The van der Waals surface area contributed by atoms with Crippen molar-refractivity contribution >= 4 is 0 Å². The Labute approximate surface area is 118 Å². The number of hydrogen-bond acceptors (Lipinski definition) is 3. The highest BCUT2D eigenvalue weighted by molar-refractivity contribution is 4.29. The molecule has 3 heteroatoms. The lowest BCUT2D eigenvalue weighted by molar-refractivity contribution is 0.807. The molecule has 18 heavy (non-hydrogen) atoms. The van der Waals surface area contributed by atoms with Gasteiger partial charge in [-0.1, -0.05) is 67.7 Å². The Morgan fingerprint density at radius 2 is 0.778 bits per heavy atom. The van der Waals surface area contributed by atoms with Crippen LogP contribution in [0.5, 0.6) is 0 Å². The summed E-state index contributed by atoms with van der Waals surface area (Å²) in [5.41, 5.74) is 15.1. The molecule has 0 unspecified atom stereocenters. The molecule has 6 N–H and O–H groups in total. The molecular formula is C15H43N3. The van der Waals surface area contributed by atoms with Crippen LogP contribution in [0.4, 0.5) is 0 Å². The molecule has 0 amide bonds. The Hall–Kier alpha value is -0.120. The molecular weight excluding hydrogens is 222 g/mol. The van der Waals surface area contributed by atoms with E-state index in [4.69, 9.17) is 17.2 Å². The van der Waals surface area contributed by atoms with E-state index in [1.54, 1.807) is 0 Å². The maximum absolute atomic E-state index is 5.14. The van der Waals surface area contributed by atoms with Crippen molar-refractivity contribution in [3.8, 4) is 0 Å². The average molecular weight is 266 g/mol. The van der Waals surface area contributed by atoms with Crippen molar-refractivity contribution in [2.24, 2.45) is 17.2 Å². The average Bonchev–Trinajstić information content (AvgIpc) is 2.33. The smallest absolute Gasteiger partial charge is 0.00774 e. The Balaban J connectivity index is -0.0000000417. The van der Waals surface area contributed by atoms with E-state index in [0.29, 0.717) is 0 Å². The molecule has 0 saturated carbocycles. The Bertz CT molecular complexity index is 56.8. The Morgan fingerprint density at radius 1 is 0.556 bits per heavy atom. The maximum atomic E-state index is 5.14. The predicted octanol–water partition coefficient (Wildman–Crippen LogP) is 3.90. The molecule has 0 fully saturated rings. The van der Waals surface area contributed by atoms with E-state index >= 15 is 0 Å². The van der Waals surface area contributed by atoms with Crippen LogP contribution in [0.1, 0.15) is 80.6 Å². The van der Waals surface area contributed by atoms with Crippen LogP contribution in [0.25, 0.3) is 0 Å². The van der Waals surface area contributed by atoms with Crippen LogP contribution in [0, 0.1) is 0 Å². The van der Waals surface area contributed by atoms with Gasteiger partial charge in [-0.25, -0.2) is 0 Å². The van der Waals surface area contributed by atoms with Crippen molar-refractivity contribution in [2.45, 2.75) is 80.6 Å². The van der Waals surface area contributed by atoms with Gasteiger partial charge in [0.1, 0.15) is 0 Å². The minimum Gasteiger partial charge on any atom is -0.331 e. The molecule has 0 aliphatic carbocycles. The molecule has 0 radical (unpaired) electrons. The van der Waals surface area contributed by atoms with Gasteiger partial charge in [0.25, 0.3) is 0 Å². The third kappa shape index (κ3) is 148. The summed E-state index contributed by atoms with van der Waals surface area (Å²) in [5, 5.41) is 0. The van der Waals surface area contributed by atoms with Crippen LogP contribution in [-0.2, 0) is 0 Å². The first-order valence-corrected chi connectivity index (χ1v) is 7.26. The van der Waals surface area contributed by atoms with Crippen LogP contribution < -0.4 is 17.2 Å². The first-order valence-electron chi connectivity index (χ1n) is 7.26. The molecule has 0 spiro atoms. The molecule has 0 saturated heterocycles. The Morgan fingerprint density at radius 3 is 0.778 bits per heavy atom. The molecule has 0 heterocycles. The fourth-order valence-electron chi connectivity index (χ4n) is 0.408. The topological polar surface area (TPSA) is 78.1 Å². The second kappa shape index (κ2) is 54.0. The predicted molar refractivity (Wildman–Crippen MR) is 90.0 cm³/mol. The Kier molecular flexibility index (Phi) is 92.1. The SMILES string of the molecule is C.CCCC.CCCCN.CCCCN.CCN. The van der Waals surface area contributed by atoms with E-state index in [9.17, 15) is 0 Å². The molecule has 0 aromatic rings. The van der Waals surface area contributed by atoms with Crippen molar-refractivity contribution in [3.05, 3.63) is 0 Å². The monoisotopic (exact) mass is 265 g/mol. The summed E-state index contributed by atoms with van der Waals surface area (Å²) < 4.78 is 0. The van der Waals surface area contributed by atoms with Gasteiger partial charge in [0.2, 0.25) is 0 Å². The zero-order valence-electron chi connectivity index (χ0n) is 13.1. The lowest BCUT2D eigenvalue weighted by Gasteiger charge is -1.80. The molecule has 0 rings (SSSR count). The van der Waals surface area contributed by atoms with Crippen molar-refractivity contribution in [1.82, 2.24) is 0 Å². The number of hydrogen-bond donors (Lipinski definition) is 3. The van der Waals surface area contributed by atoms with Gasteiger partial charge < -0.3 is 17.2 Å². The van der Waals surface area contributed by atoms with Crippen LogP contribution >= 0.6 is 0 Å². The summed E-state index contributed by atoms with van der Waals surface area (Å²) in [6, 6.07) is 0. The van der Waals surface area contributed by atoms with Gasteiger partial charge >= 0.3 is 0 Å². The van der Waals surface area contributed by atoms with Gasteiger partial charge in [-0.2, -0.15) is 0 Å². The van der Waals surface area contributed by atoms with E-state index in [2.05, 4.69) is 27.7 Å². The second-order valence-corrected chi connectivity index (χ2v) is 3.69. The standard InChI is InChI=1S/2C4H11N.C4H10.C2H7N.CH4/c2*1-2-3-4-5;1-3-4-2;1-2-3;/h2*2-5H2,1H3;3-4H2,1-2H3;2-3H2,1H3;1H4. The van der Waals surface area contributed by atoms with Crippen molar-refractivity contribution < 1.29 is 0 Å². The van der Waals surface area contributed by atoms with Crippen molar-refractivity contribution in [3.63, 3.8) is 0 Å². The van der Waals surface area contributed by atoms with E-state index in [1.165, 1.54) is 38.5 Å². The van der Waals surface area contributed by atoms with E-state index in [0.717, 1.165) is 19.6 Å². The molecule has 0 aliphatic heterocycles. The van der Waals surface area contributed by atoms with Crippen molar-refractivity contribution in [2.75, 3.05) is 19.6 Å². The van der Waals surface area contributed by atoms with E-state index in [1.807, 2.05) is 6.92 Å². The zero-order valence-corrected chi connectivity index (χ0v) is 13.1. The van der Waals surface area contributed by atoms with Gasteiger partial charge in [-0.15, -0.1) is 0 Å². The third-order valence-electron chi connectivity index (χ3n) is 1.62. The molecule has 0 aliphatic rings. The highest BCUT2D eigenvalue weighted by Crippen LogP contribution is 1.77. The fourth-order valence-corrected chi connectivity index (χ4v) is 0.408. The van der Waals surface area contributed by atoms with Gasteiger partial charge in [-0.05, 0) is 32.5 Å².